The summed E-state index contributed by atoms with van der Waals surface area (Å²) >= 11 is 1.98. The molecule has 0 aromatic heterocycles. The lowest BCUT2D eigenvalue weighted by Crippen LogP contribution is -2.22. The maximum absolute atomic E-state index is 11.9. The Morgan fingerprint density at radius 1 is 1.11 bits per heavy atom. The van der Waals surface area contributed by atoms with Gasteiger partial charge in [-0.15, -0.1) is 0 Å². The largest absolute Gasteiger partial charge is 0.508 e. The minimum absolute atomic E-state index is 0.0795. The van der Waals surface area contributed by atoms with Crippen molar-refractivity contribution in [3.8, 4) is 11.5 Å². The van der Waals surface area contributed by atoms with E-state index in [1.807, 2.05) is 22.6 Å². The first-order valence-electron chi connectivity index (χ1n) is 5.61. The Bertz CT molecular complexity index is 613. The highest BCUT2D eigenvalue weighted by molar-refractivity contribution is 14.1. The van der Waals surface area contributed by atoms with Crippen LogP contribution in [0.4, 0.5) is 0 Å². The molecule has 3 N–H and O–H groups in total. The zero-order chi connectivity index (χ0) is 13.8. The van der Waals surface area contributed by atoms with Crippen molar-refractivity contribution in [1.29, 1.82) is 0 Å². The van der Waals surface area contributed by atoms with E-state index in [1.165, 1.54) is 6.07 Å². The highest BCUT2D eigenvalue weighted by Gasteiger charge is 2.08. The summed E-state index contributed by atoms with van der Waals surface area (Å²) in [5, 5.41) is 21.8. The monoisotopic (exact) mass is 369 g/mol. The lowest BCUT2D eigenvalue weighted by Gasteiger charge is -2.07. The Labute approximate surface area is 124 Å². The van der Waals surface area contributed by atoms with Crippen LogP contribution in [0.5, 0.6) is 11.5 Å². The van der Waals surface area contributed by atoms with E-state index in [1.54, 1.807) is 36.4 Å². The molecule has 2 rings (SSSR count). The second-order valence-corrected chi connectivity index (χ2v) is 5.14. The first-order valence-corrected chi connectivity index (χ1v) is 6.69. The average molecular weight is 369 g/mol. The zero-order valence-corrected chi connectivity index (χ0v) is 12.1. The number of carbonyl (C=O) groups excluding carboxylic acids is 1. The van der Waals surface area contributed by atoms with Gasteiger partial charge >= 0.3 is 0 Å². The van der Waals surface area contributed by atoms with E-state index in [-0.39, 0.29) is 24.0 Å². The van der Waals surface area contributed by atoms with Gasteiger partial charge in [-0.05, 0) is 46.9 Å². The molecule has 2 aromatic carbocycles. The molecular formula is C14H12INO3. The molecule has 1 amide bonds. The Kier molecular flexibility index (Phi) is 4.26. The van der Waals surface area contributed by atoms with Gasteiger partial charge in [0.1, 0.15) is 11.5 Å². The molecule has 0 radical (unpaired) electrons. The Morgan fingerprint density at radius 2 is 1.84 bits per heavy atom. The molecule has 0 aliphatic rings. The summed E-state index contributed by atoms with van der Waals surface area (Å²) in [4.78, 5) is 11.9. The number of para-hydroxylation sites is 1. The van der Waals surface area contributed by atoms with Crippen LogP contribution in [0.15, 0.2) is 42.5 Å². The molecule has 2 aromatic rings. The summed E-state index contributed by atoms with van der Waals surface area (Å²) in [5.41, 5.74) is 1.03. The van der Waals surface area contributed by atoms with Crippen molar-refractivity contribution in [2.45, 2.75) is 6.54 Å². The number of carbonyl (C=O) groups is 1. The summed E-state index contributed by atoms with van der Waals surface area (Å²) in [7, 11) is 0. The van der Waals surface area contributed by atoms with Crippen molar-refractivity contribution in [3.63, 3.8) is 0 Å². The third-order valence-electron chi connectivity index (χ3n) is 2.64. The number of phenolic OH excluding ortho intramolecular Hbond substituents is 2. The maximum Gasteiger partial charge on any atom is 0.251 e. The van der Waals surface area contributed by atoms with E-state index in [2.05, 4.69) is 5.32 Å². The second kappa shape index (κ2) is 5.92. The van der Waals surface area contributed by atoms with E-state index >= 15 is 0 Å². The van der Waals surface area contributed by atoms with Gasteiger partial charge < -0.3 is 15.5 Å². The molecular weight excluding hydrogens is 357 g/mol. The van der Waals surface area contributed by atoms with E-state index in [4.69, 9.17) is 0 Å². The van der Waals surface area contributed by atoms with Crippen molar-refractivity contribution in [3.05, 3.63) is 57.2 Å². The first-order chi connectivity index (χ1) is 9.08. The standard InChI is InChI=1S/C14H12INO3/c15-11-6-5-9(7-13(11)18)14(19)16-8-10-3-1-2-4-12(10)17/h1-7,17-18H,8H2,(H,16,19). The van der Waals surface area contributed by atoms with Gasteiger partial charge in [0.2, 0.25) is 0 Å². The molecule has 0 aliphatic carbocycles. The summed E-state index contributed by atoms with van der Waals surface area (Å²) < 4.78 is 0.690. The molecule has 19 heavy (non-hydrogen) atoms. The van der Waals surface area contributed by atoms with Gasteiger partial charge in [-0.25, -0.2) is 0 Å². The molecule has 0 saturated heterocycles. The Hall–Kier alpha value is -1.76. The van der Waals surface area contributed by atoms with Crippen LogP contribution < -0.4 is 5.32 Å². The van der Waals surface area contributed by atoms with Crippen molar-refractivity contribution < 1.29 is 15.0 Å². The highest BCUT2D eigenvalue weighted by atomic mass is 127. The zero-order valence-electron chi connectivity index (χ0n) is 9.93. The van der Waals surface area contributed by atoms with Crippen molar-refractivity contribution >= 4 is 28.5 Å². The summed E-state index contributed by atoms with van der Waals surface area (Å²) in [6.07, 6.45) is 0. The van der Waals surface area contributed by atoms with E-state index in [9.17, 15) is 15.0 Å². The molecule has 5 heteroatoms. The van der Waals surface area contributed by atoms with Gasteiger partial charge in [0, 0.05) is 17.7 Å². The van der Waals surface area contributed by atoms with Crippen LogP contribution in [0.25, 0.3) is 0 Å². The quantitative estimate of drug-likeness (QED) is 0.729. The van der Waals surface area contributed by atoms with Gasteiger partial charge in [-0.2, -0.15) is 0 Å². The van der Waals surface area contributed by atoms with Crippen LogP contribution in [-0.4, -0.2) is 16.1 Å². The number of aromatic hydroxyl groups is 2. The smallest absolute Gasteiger partial charge is 0.251 e. The summed E-state index contributed by atoms with van der Waals surface area (Å²) in [5.74, 6) is -0.0704. The Balaban J connectivity index is 2.05. The van der Waals surface area contributed by atoms with Crippen LogP contribution in [0.1, 0.15) is 15.9 Å². The van der Waals surface area contributed by atoms with Crippen molar-refractivity contribution in [1.82, 2.24) is 5.32 Å². The predicted molar refractivity (Wildman–Crippen MR) is 80.1 cm³/mol. The molecule has 4 nitrogen and oxygen atoms in total. The fourth-order valence-corrected chi connectivity index (χ4v) is 1.93. The molecule has 0 fully saturated rings. The minimum atomic E-state index is -0.296. The second-order valence-electron chi connectivity index (χ2n) is 3.98. The third-order valence-corrected chi connectivity index (χ3v) is 3.55. The SMILES string of the molecule is O=C(NCc1ccccc1O)c1ccc(I)c(O)c1. The molecule has 0 unspecified atom stereocenters. The van der Waals surface area contributed by atoms with Crippen molar-refractivity contribution in [2.24, 2.45) is 0 Å². The Morgan fingerprint density at radius 3 is 2.53 bits per heavy atom. The topological polar surface area (TPSA) is 69.6 Å². The van der Waals surface area contributed by atoms with Crippen LogP contribution in [0.2, 0.25) is 0 Å². The number of rotatable bonds is 3. The molecule has 0 aliphatic heterocycles. The third kappa shape index (κ3) is 3.37. The fraction of sp³-hybridized carbons (Fsp3) is 0.0714. The van der Waals surface area contributed by atoms with E-state index in [0.29, 0.717) is 14.7 Å². The molecule has 0 atom stereocenters. The lowest BCUT2D eigenvalue weighted by molar-refractivity contribution is 0.0950. The molecule has 0 bridgehead atoms. The fourth-order valence-electron chi connectivity index (χ4n) is 1.59. The van der Waals surface area contributed by atoms with Crippen LogP contribution >= 0.6 is 22.6 Å². The normalized spacial score (nSPS) is 10.2. The molecule has 98 valence electrons. The number of nitrogens with one attached hydrogen (secondary N) is 1. The van der Waals surface area contributed by atoms with Gasteiger partial charge in [0.15, 0.2) is 0 Å². The van der Waals surface area contributed by atoms with Crippen LogP contribution in [0.3, 0.4) is 0 Å². The van der Waals surface area contributed by atoms with Crippen LogP contribution in [0, 0.1) is 3.57 Å². The van der Waals surface area contributed by atoms with Gasteiger partial charge in [0.05, 0.1) is 3.57 Å². The van der Waals surface area contributed by atoms with E-state index < -0.39 is 0 Å². The first kappa shape index (κ1) is 13.7. The number of phenols is 2. The van der Waals surface area contributed by atoms with Crippen LogP contribution in [-0.2, 0) is 6.54 Å². The average Bonchev–Trinajstić information content (AvgIpc) is 2.40. The number of hydrogen-bond acceptors (Lipinski definition) is 3. The number of amides is 1. The predicted octanol–water partition coefficient (Wildman–Crippen LogP) is 2.63. The number of benzene rings is 2. The summed E-state index contributed by atoms with van der Waals surface area (Å²) in [6.45, 7) is 0.234. The molecule has 0 heterocycles. The highest BCUT2D eigenvalue weighted by Crippen LogP contribution is 2.20. The van der Waals surface area contributed by atoms with Crippen molar-refractivity contribution in [2.75, 3.05) is 0 Å². The number of hydrogen-bond donors (Lipinski definition) is 3. The maximum atomic E-state index is 11.9. The van der Waals surface area contributed by atoms with Gasteiger partial charge in [-0.3, -0.25) is 4.79 Å². The van der Waals surface area contributed by atoms with E-state index in [0.717, 1.165) is 0 Å². The molecule has 0 saturated carbocycles. The number of halogens is 1. The lowest BCUT2D eigenvalue weighted by atomic mass is 10.1. The summed E-state index contributed by atoms with van der Waals surface area (Å²) in [6, 6.07) is 11.5. The van der Waals surface area contributed by atoms with Gasteiger partial charge in [0.25, 0.3) is 5.91 Å². The van der Waals surface area contributed by atoms with Gasteiger partial charge in [-0.1, -0.05) is 18.2 Å². The minimum Gasteiger partial charge on any atom is -0.508 e. The molecule has 0 spiro atoms.